The molecule has 11 nitrogen and oxygen atoms in total. The summed E-state index contributed by atoms with van der Waals surface area (Å²) in [6.07, 6.45) is 1.68. The highest BCUT2D eigenvalue weighted by Gasteiger charge is 2.19. The van der Waals surface area contributed by atoms with Crippen LogP contribution < -0.4 is 25.4 Å². The van der Waals surface area contributed by atoms with E-state index in [2.05, 4.69) is 42.6 Å². The van der Waals surface area contributed by atoms with E-state index in [-0.39, 0.29) is 11.6 Å². The van der Waals surface area contributed by atoms with Crippen molar-refractivity contribution >= 4 is 41.3 Å². The van der Waals surface area contributed by atoms with E-state index in [0.717, 1.165) is 49.3 Å². The number of methoxy groups -OCH3 is 1. The van der Waals surface area contributed by atoms with Crippen LogP contribution in [0.2, 0.25) is 0 Å². The van der Waals surface area contributed by atoms with Crippen LogP contribution in [0.25, 0.3) is 0 Å². The summed E-state index contributed by atoms with van der Waals surface area (Å²) in [7, 11) is 1.14. The van der Waals surface area contributed by atoms with Gasteiger partial charge in [0, 0.05) is 55.9 Å². The van der Waals surface area contributed by atoms with Crippen molar-refractivity contribution in [1.29, 1.82) is 0 Å². The van der Waals surface area contributed by atoms with E-state index in [4.69, 9.17) is 9.47 Å². The lowest BCUT2D eigenvalue weighted by Gasteiger charge is -2.32. The van der Waals surface area contributed by atoms with E-state index in [0.29, 0.717) is 29.6 Å². The van der Waals surface area contributed by atoms with Crippen LogP contribution in [-0.4, -0.2) is 86.6 Å². The summed E-state index contributed by atoms with van der Waals surface area (Å²) in [5.41, 5.74) is 2.16. The number of likely N-dealkylation sites (N-methyl/N-ethyl adjacent to an activating group) is 1. The van der Waals surface area contributed by atoms with E-state index in [1.807, 2.05) is 31.2 Å². The predicted octanol–water partition coefficient (Wildman–Crippen LogP) is 4.55. The van der Waals surface area contributed by atoms with Gasteiger partial charge in [0.25, 0.3) is 0 Å². The van der Waals surface area contributed by atoms with Crippen LogP contribution >= 0.6 is 7.14 Å². The van der Waals surface area contributed by atoms with Gasteiger partial charge in [0.15, 0.2) is 11.4 Å². The number of nitroso groups, excluding NO2 is 1. The second-order valence-corrected chi connectivity index (χ2v) is 13.1. The maximum absolute atomic E-state index is 12.8. The van der Waals surface area contributed by atoms with Gasteiger partial charge in [-0.1, -0.05) is 12.1 Å². The van der Waals surface area contributed by atoms with Crippen molar-refractivity contribution in [3.63, 3.8) is 0 Å². The number of hydrogen-bond acceptors (Lipinski definition) is 11. The average Bonchev–Trinajstić information content (AvgIpc) is 2.91. The maximum Gasteiger partial charge on any atom is 0.229 e. The first-order chi connectivity index (χ1) is 18.7. The van der Waals surface area contributed by atoms with Crippen LogP contribution in [-0.2, 0) is 4.57 Å². The van der Waals surface area contributed by atoms with Gasteiger partial charge in [0.05, 0.1) is 18.5 Å². The highest BCUT2D eigenvalue weighted by Crippen LogP contribution is 2.40. The molecule has 12 heteroatoms. The van der Waals surface area contributed by atoms with Crippen molar-refractivity contribution in [3.05, 3.63) is 53.1 Å². The molecule has 1 fully saturated rings. The molecule has 0 aliphatic carbocycles. The Balaban J connectivity index is 1.51. The fourth-order valence-electron chi connectivity index (χ4n) is 4.29. The third-order valence-corrected chi connectivity index (χ3v) is 8.15. The van der Waals surface area contributed by atoms with Gasteiger partial charge in [0.1, 0.15) is 25.3 Å². The van der Waals surface area contributed by atoms with Crippen molar-refractivity contribution in [2.75, 3.05) is 77.5 Å². The predicted molar refractivity (Wildman–Crippen MR) is 157 cm³/mol. The molecule has 0 unspecified atom stereocenters. The molecule has 39 heavy (non-hydrogen) atoms. The second-order valence-electron chi connectivity index (χ2n) is 9.95. The standard InChI is InChI=1S/C27H36N7O4P/c1-19-18-28-27(31-26(19)29-20-8-6-7-9-25(20)39(4,5)36)30-21-16-22(32-35)24(17-23(21)37-3)38-15-14-34-12-10-33(2)11-13-34/h6-9,16-18H,10-15H2,1-5H3,(H2,28,29,30,31). The molecule has 0 radical (unpaired) electrons. The molecule has 3 aromatic rings. The summed E-state index contributed by atoms with van der Waals surface area (Å²) in [4.78, 5) is 25.3. The Bertz CT molecular complexity index is 1360. The average molecular weight is 554 g/mol. The molecule has 1 aromatic heterocycles. The Morgan fingerprint density at radius 2 is 1.79 bits per heavy atom. The van der Waals surface area contributed by atoms with E-state index in [1.165, 1.54) is 7.11 Å². The molecule has 0 amide bonds. The molecular weight excluding hydrogens is 517 g/mol. The molecule has 1 aliphatic rings. The summed E-state index contributed by atoms with van der Waals surface area (Å²) in [5, 5.41) is 10.3. The van der Waals surface area contributed by atoms with Crippen LogP contribution in [0.15, 0.2) is 47.8 Å². The Labute approximate surface area is 229 Å². The third-order valence-electron chi connectivity index (χ3n) is 6.60. The van der Waals surface area contributed by atoms with Crippen LogP contribution in [0.1, 0.15) is 5.56 Å². The number of aromatic nitrogens is 2. The number of para-hydroxylation sites is 1. The third kappa shape index (κ3) is 7.32. The summed E-state index contributed by atoms with van der Waals surface area (Å²) < 4.78 is 24.3. The molecule has 208 valence electrons. The van der Waals surface area contributed by atoms with E-state index < -0.39 is 7.14 Å². The molecule has 0 bridgehead atoms. The smallest absolute Gasteiger partial charge is 0.229 e. The van der Waals surface area contributed by atoms with E-state index >= 15 is 0 Å². The van der Waals surface area contributed by atoms with Gasteiger partial charge in [-0.15, -0.1) is 4.91 Å². The van der Waals surface area contributed by atoms with Crippen molar-refractivity contribution in [3.8, 4) is 11.5 Å². The second kappa shape index (κ2) is 12.5. The molecule has 4 rings (SSSR count). The normalized spacial score (nSPS) is 14.6. The molecule has 1 saturated heterocycles. The zero-order valence-corrected chi connectivity index (χ0v) is 24.0. The fourth-order valence-corrected chi connectivity index (χ4v) is 5.44. The van der Waals surface area contributed by atoms with Crippen molar-refractivity contribution in [2.24, 2.45) is 5.18 Å². The highest BCUT2D eigenvalue weighted by molar-refractivity contribution is 7.70. The number of nitrogens with zero attached hydrogens (tertiary/aromatic N) is 5. The molecule has 2 N–H and O–H groups in total. The number of aryl methyl sites for hydroxylation is 1. The zero-order valence-electron chi connectivity index (χ0n) is 23.1. The largest absolute Gasteiger partial charge is 0.494 e. The lowest BCUT2D eigenvalue weighted by Crippen LogP contribution is -2.45. The van der Waals surface area contributed by atoms with Gasteiger partial charge in [-0.3, -0.25) is 4.90 Å². The number of nitrogens with one attached hydrogen (secondary N) is 2. The minimum Gasteiger partial charge on any atom is -0.494 e. The Kier molecular flexibility index (Phi) is 9.16. The van der Waals surface area contributed by atoms with Crippen LogP contribution in [0.4, 0.5) is 28.8 Å². The number of rotatable bonds is 11. The molecule has 0 atom stereocenters. The van der Waals surface area contributed by atoms with Crippen LogP contribution in [0, 0.1) is 11.8 Å². The molecule has 0 saturated carbocycles. The van der Waals surface area contributed by atoms with Crippen molar-refractivity contribution in [1.82, 2.24) is 19.8 Å². The van der Waals surface area contributed by atoms with Crippen molar-refractivity contribution in [2.45, 2.75) is 6.92 Å². The Morgan fingerprint density at radius 1 is 1.05 bits per heavy atom. The SMILES string of the molecule is COc1cc(OCCN2CCN(C)CC2)c(N=O)cc1Nc1ncc(C)c(Nc2ccccc2P(C)(C)=O)n1. The summed E-state index contributed by atoms with van der Waals surface area (Å²) in [6, 6.07) is 10.7. The van der Waals surface area contributed by atoms with E-state index in [9.17, 15) is 9.47 Å². The number of benzene rings is 2. The highest BCUT2D eigenvalue weighted by atomic mass is 31.2. The van der Waals surface area contributed by atoms with Gasteiger partial charge in [-0.25, -0.2) is 4.98 Å². The minimum absolute atomic E-state index is 0.151. The Hall–Kier alpha value is -3.53. The monoisotopic (exact) mass is 553 g/mol. The van der Waals surface area contributed by atoms with E-state index in [1.54, 1.807) is 31.7 Å². The quantitative estimate of drug-likeness (QED) is 0.258. The molecular formula is C27H36N7O4P. The minimum atomic E-state index is -2.51. The summed E-state index contributed by atoms with van der Waals surface area (Å²) >= 11 is 0. The molecule has 2 aromatic carbocycles. The molecule has 1 aliphatic heterocycles. The topological polar surface area (TPSA) is 121 Å². The summed E-state index contributed by atoms with van der Waals surface area (Å²) in [5.74, 6) is 1.66. The maximum atomic E-state index is 12.8. The van der Waals surface area contributed by atoms with Crippen LogP contribution in [0.5, 0.6) is 11.5 Å². The van der Waals surface area contributed by atoms with Gasteiger partial charge in [-0.05, 0) is 50.7 Å². The lowest BCUT2D eigenvalue weighted by atomic mass is 10.2. The first-order valence-corrected chi connectivity index (χ1v) is 15.4. The van der Waals surface area contributed by atoms with Crippen molar-refractivity contribution < 1.29 is 14.0 Å². The fraction of sp³-hybridized carbons (Fsp3) is 0.407. The van der Waals surface area contributed by atoms with Gasteiger partial charge >= 0.3 is 0 Å². The first kappa shape index (κ1) is 28.5. The zero-order chi connectivity index (χ0) is 28.0. The Morgan fingerprint density at radius 3 is 2.49 bits per heavy atom. The van der Waals surface area contributed by atoms with Gasteiger partial charge < -0.3 is 29.6 Å². The molecule has 0 spiro atoms. The number of ether oxygens (including phenoxy) is 2. The first-order valence-electron chi connectivity index (χ1n) is 12.8. The lowest BCUT2D eigenvalue weighted by molar-refractivity contribution is 0.134. The summed E-state index contributed by atoms with van der Waals surface area (Å²) in [6.45, 7) is 10.6. The van der Waals surface area contributed by atoms with Gasteiger partial charge in [-0.2, -0.15) is 4.98 Å². The van der Waals surface area contributed by atoms with Crippen LogP contribution in [0.3, 0.4) is 0 Å². The van der Waals surface area contributed by atoms with Gasteiger partial charge in [0.2, 0.25) is 5.95 Å². The number of piperazine rings is 1. The number of hydrogen-bond donors (Lipinski definition) is 2. The number of anilines is 4. The molecule has 2 heterocycles.